The maximum Gasteiger partial charge on any atom is 0.229 e. The van der Waals surface area contributed by atoms with Crippen LogP contribution in [0.2, 0.25) is 0 Å². The van der Waals surface area contributed by atoms with Crippen LogP contribution in [0.5, 0.6) is 0 Å². The number of nitrogens with zero attached hydrogens (tertiary/aromatic N) is 5. The number of sulfonamides is 1. The second-order valence-electron chi connectivity index (χ2n) is 6.45. The van der Waals surface area contributed by atoms with Gasteiger partial charge >= 0.3 is 0 Å². The second kappa shape index (κ2) is 6.96. The van der Waals surface area contributed by atoms with Crippen molar-refractivity contribution >= 4 is 21.9 Å². The van der Waals surface area contributed by atoms with E-state index in [1.807, 2.05) is 32.8 Å². The minimum Gasteiger partial charge on any atom is -0.351 e. The Morgan fingerprint density at radius 2 is 1.78 bits per heavy atom. The topological polar surface area (TPSA) is 91.3 Å². The number of rotatable bonds is 5. The van der Waals surface area contributed by atoms with E-state index in [1.54, 1.807) is 0 Å². The molecule has 0 saturated carbocycles. The van der Waals surface area contributed by atoms with Crippen LogP contribution in [0.3, 0.4) is 0 Å². The summed E-state index contributed by atoms with van der Waals surface area (Å²) in [5, 5.41) is 3.33. The van der Waals surface area contributed by atoms with Gasteiger partial charge in [0.1, 0.15) is 5.82 Å². The van der Waals surface area contributed by atoms with Crippen LogP contribution in [-0.2, 0) is 10.0 Å². The molecular formula is C14H26N6O2S. The molecule has 0 amide bonds. The Morgan fingerprint density at radius 1 is 1.17 bits per heavy atom. The van der Waals surface area contributed by atoms with Crippen molar-refractivity contribution in [3.8, 4) is 0 Å². The molecule has 0 bridgehead atoms. The van der Waals surface area contributed by atoms with E-state index < -0.39 is 10.0 Å². The maximum absolute atomic E-state index is 11.6. The van der Waals surface area contributed by atoms with Crippen LogP contribution in [0.15, 0.2) is 0 Å². The first-order valence-electron chi connectivity index (χ1n) is 7.81. The zero-order chi connectivity index (χ0) is 17.2. The van der Waals surface area contributed by atoms with E-state index in [9.17, 15) is 8.42 Å². The molecule has 2 rings (SSSR count). The first-order valence-corrected chi connectivity index (χ1v) is 9.66. The van der Waals surface area contributed by atoms with Crippen molar-refractivity contribution in [3.05, 3.63) is 5.82 Å². The van der Waals surface area contributed by atoms with Crippen LogP contribution in [0, 0.1) is 0 Å². The number of anilines is 2. The minimum absolute atomic E-state index is 0.172. The molecule has 0 atom stereocenters. The highest BCUT2D eigenvalue weighted by molar-refractivity contribution is 7.88. The average molecular weight is 342 g/mol. The molecule has 1 aromatic rings. The average Bonchev–Trinajstić information content (AvgIpc) is 2.46. The van der Waals surface area contributed by atoms with E-state index in [0.717, 1.165) is 18.7 Å². The summed E-state index contributed by atoms with van der Waals surface area (Å²) in [7, 11) is 0.693. The largest absolute Gasteiger partial charge is 0.351 e. The third-order valence-corrected chi connectivity index (χ3v) is 5.12. The van der Waals surface area contributed by atoms with Crippen LogP contribution >= 0.6 is 0 Å². The van der Waals surface area contributed by atoms with Crippen molar-refractivity contribution in [3.63, 3.8) is 0 Å². The Labute approximate surface area is 138 Å². The number of piperidine rings is 1. The highest BCUT2D eigenvalue weighted by Gasteiger charge is 2.25. The molecule has 9 heteroatoms. The SMILES string of the molecule is CC(C)c1nc(NC2CCN(S(C)(=O)=O)CC2)nc(N(C)C)n1. The fourth-order valence-electron chi connectivity index (χ4n) is 2.42. The lowest BCUT2D eigenvalue weighted by molar-refractivity contribution is 0.331. The van der Waals surface area contributed by atoms with Crippen molar-refractivity contribution in [2.24, 2.45) is 0 Å². The lowest BCUT2D eigenvalue weighted by Crippen LogP contribution is -2.42. The molecule has 0 aromatic carbocycles. The normalized spacial score (nSPS) is 17.5. The lowest BCUT2D eigenvalue weighted by atomic mass is 10.1. The van der Waals surface area contributed by atoms with Crippen LogP contribution < -0.4 is 10.2 Å². The summed E-state index contributed by atoms with van der Waals surface area (Å²) < 4.78 is 24.6. The summed E-state index contributed by atoms with van der Waals surface area (Å²) in [4.78, 5) is 15.2. The summed E-state index contributed by atoms with van der Waals surface area (Å²) in [6, 6.07) is 0.172. The monoisotopic (exact) mass is 342 g/mol. The molecule has 2 heterocycles. The summed E-state index contributed by atoms with van der Waals surface area (Å²) in [6.45, 7) is 5.14. The molecule has 1 saturated heterocycles. The minimum atomic E-state index is -3.10. The van der Waals surface area contributed by atoms with Gasteiger partial charge in [-0.25, -0.2) is 12.7 Å². The van der Waals surface area contributed by atoms with Crippen LogP contribution in [0.25, 0.3) is 0 Å². The molecule has 130 valence electrons. The molecule has 23 heavy (non-hydrogen) atoms. The van der Waals surface area contributed by atoms with Gasteiger partial charge in [0.05, 0.1) is 6.26 Å². The van der Waals surface area contributed by atoms with Crippen molar-refractivity contribution in [2.75, 3.05) is 43.7 Å². The van der Waals surface area contributed by atoms with Crippen molar-refractivity contribution in [1.29, 1.82) is 0 Å². The first kappa shape index (κ1) is 17.9. The Kier molecular flexibility index (Phi) is 5.41. The summed E-state index contributed by atoms with van der Waals surface area (Å²) in [6.07, 6.45) is 2.74. The molecule has 0 aliphatic carbocycles. The zero-order valence-electron chi connectivity index (χ0n) is 14.4. The molecule has 0 radical (unpaired) electrons. The maximum atomic E-state index is 11.6. The predicted octanol–water partition coefficient (Wildman–Crippen LogP) is 0.897. The number of hydrogen-bond donors (Lipinski definition) is 1. The van der Waals surface area contributed by atoms with Crippen LogP contribution in [-0.4, -0.2) is 67.2 Å². The van der Waals surface area contributed by atoms with Crippen LogP contribution in [0.1, 0.15) is 38.4 Å². The number of aromatic nitrogens is 3. The van der Waals surface area contributed by atoms with Crippen molar-refractivity contribution in [1.82, 2.24) is 19.3 Å². The van der Waals surface area contributed by atoms with E-state index in [1.165, 1.54) is 10.6 Å². The molecule has 1 aromatic heterocycles. The van der Waals surface area contributed by atoms with Gasteiger partial charge in [0, 0.05) is 39.1 Å². The molecule has 0 unspecified atom stereocenters. The molecule has 1 fully saturated rings. The highest BCUT2D eigenvalue weighted by atomic mass is 32.2. The molecular weight excluding hydrogens is 316 g/mol. The fourth-order valence-corrected chi connectivity index (χ4v) is 3.29. The Bertz CT molecular complexity index is 612. The van der Waals surface area contributed by atoms with E-state index in [-0.39, 0.29) is 12.0 Å². The second-order valence-corrected chi connectivity index (χ2v) is 8.43. The van der Waals surface area contributed by atoms with Gasteiger partial charge < -0.3 is 10.2 Å². The van der Waals surface area contributed by atoms with Gasteiger partial charge in [-0.05, 0) is 12.8 Å². The Hall–Kier alpha value is -1.48. The molecule has 1 N–H and O–H groups in total. The number of hydrogen-bond acceptors (Lipinski definition) is 7. The highest BCUT2D eigenvalue weighted by Crippen LogP contribution is 2.19. The van der Waals surface area contributed by atoms with Gasteiger partial charge in [0.15, 0.2) is 0 Å². The van der Waals surface area contributed by atoms with Gasteiger partial charge in [-0.3, -0.25) is 0 Å². The predicted molar refractivity (Wildman–Crippen MR) is 91.3 cm³/mol. The van der Waals surface area contributed by atoms with E-state index in [4.69, 9.17) is 0 Å². The standard InChI is InChI=1S/C14H26N6O2S/c1-10(2)12-16-13(18-14(17-12)19(3)4)15-11-6-8-20(9-7-11)23(5,21)22/h10-11H,6-9H2,1-5H3,(H,15,16,17,18). The Balaban J connectivity index is 2.09. The zero-order valence-corrected chi connectivity index (χ0v) is 15.3. The van der Waals surface area contributed by atoms with Crippen LogP contribution in [0.4, 0.5) is 11.9 Å². The smallest absolute Gasteiger partial charge is 0.229 e. The first-order chi connectivity index (χ1) is 10.7. The van der Waals surface area contributed by atoms with E-state index in [2.05, 4.69) is 20.3 Å². The van der Waals surface area contributed by atoms with Crippen molar-refractivity contribution < 1.29 is 8.42 Å². The summed E-state index contributed by atoms with van der Waals surface area (Å²) in [5.74, 6) is 2.15. The fraction of sp³-hybridized carbons (Fsp3) is 0.786. The van der Waals surface area contributed by atoms with E-state index in [0.29, 0.717) is 25.0 Å². The van der Waals surface area contributed by atoms with Gasteiger partial charge in [-0.1, -0.05) is 13.8 Å². The van der Waals surface area contributed by atoms with E-state index >= 15 is 0 Å². The molecule has 8 nitrogen and oxygen atoms in total. The van der Waals surface area contributed by atoms with Gasteiger partial charge in [0.2, 0.25) is 21.9 Å². The third-order valence-electron chi connectivity index (χ3n) is 3.81. The summed E-state index contributed by atoms with van der Waals surface area (Å²) >= 11 is 0. The Morgan fingerprint density at radius 3 is 2.26 bits per heavy atom. The third kappa shape index (κ3) is 4.74. The molecule has 0 spiro atoms. The quantitative estimate of drug-likeness (QED) is 0.850. The molecule has 1 aliphatic rings. The lowest BCUT2D eigenvalue weighted by Gasteiger charge is -2.30. The number of nitrogens with one attached hydrogen (secondary N) is 1. The summed E-state index contributed by atoms with van der Waals surface area (Å²) in [5.41, 5.74) is 0. The van der Waals surface area contributed by atoms with Gasteiger partial charge in [-0.15, -0.1) is 0 Å². The van der Waals surface area contributed by atoms with Gasteiger partial charge in [-0.2, -0.15) is 15.0 Å². The van der Waals surface area contributed by atoms with Gasteiger partial charge in [0.25, 0.3) is 0 Å². The van der Waals surface area contributed by atoms with Crippen molar-refractivity contribution in [2.45, 2.75) is 38.6 Å². The molecule has 1 aliphatic heterocycles.